The fraction of sp³-hybridized carbons (Fsp3) is 0.0870. The molecule has 0 saturated carbocycles. The van der Waals surface area contributed by atoms with Crippen LogP contribution >= 0.6 is 0 Å². The van der Waals surface area contributed by atoms with Crippen molar-refractivity contribution in [2.24, 2.45) is 5.14 Å². The van der Waals surface area contributed by atoms with E-state index in [-0.39, 0.29) is 10.9 Å². The first-order valence-electron chi connectivity index (χ1n) is 10.1. The Hall–Kier alpha value is -4.02. The van der Waals surface area contributed by atoms with Crippen LogP contribution in [0.3, 0.4) is 0 Å². The molecule has 0 aliphatic rings. The molecule has 0 atom stereocenters. The van der Waals surface area contributed by atoms with Crippen LogP contribution in [0, 0.1) is 0 Å². The SMILES string of the molecule is CCNC(=O)Nc1cc2c(-c3ccc(S(N)(=O)=O)cc3)ccc(Nc3cccnc3)c2cn1. The number of primary sulfonamides is 1. The first-order valence-corrected chi connectivity index (χ1v) is 11.7. The van der Waals surface area contributed by atoms with Crippen molar-refractivity contribution in [2.75, 3.05) is 17.2 Å². The van der Waals surface area contributed by atoms with Gasteiger partial charge in [0.15, 0.2) is 0 Å². The van der Waals surface area contributed by atoms with Crippen LogP contribution in [-0.4, -0.2) is 31.0 Å². The van der Waals surface area contributed by atoms with E-state index in [1.807, 2.05) is 31.2 Å². The Morgan fingerprint density at radius 1 is 1.03 bits per heavy atom. The quantitative estimate of drug-likeness (QED) is 0.343. The highest BCUT2D eigenvalue weighted by atomic mass is 32.2. The molecular formula is C23H22N6O3S. The number of carbonyl (C=O) groups excluding carboxylic acids is 1. The van der Waals surface area contributed by atoms with Crippen molar-refractivity contribution in [2.45, 2.75) is 11.8 Å². The van der Waals surface area contributed by atoms with E-state index < -0.39 is 10.0 Å². The molecule has 2 aromatic heterocycles. The van der Waals surface area contributed by atoms with Crippen LogP contribution in [0.25, 0.3) is 21.9 Å². The average molecular weight is 463 g/mol. The fourth-order valence-corrected chi connectivity index (χ4v) is 3.92. The van der Waals surface area contributed by atoms with E-state index in [4.69, 9.17) is 5.14 Å². The summed E-state index contributed by atoms with van der Waals surface area (Å²) in [7, 11) is -3.79. The van der Waals surface area contributed by atoms with E-state index in [9.17, 15) is 13.2 Å². The predicted molar refractivity (Wildman–Crippen MR) is 129 cm³/mol. The second-order valence-electron chi connectivity index (χ2n) is 7.20. The lowest BCUT2D eigenvalue weighted by molar-refractivity contribution is 0.252. The standard InChI is InChI=1S/C23H22N6O3S/c1-2-26-23(30)29-22-12-19-18(15-5-7-17(8-6-15)33(24,31)32)9-10-21(20(19)14-27-22)28-16-4-3-11-25-13-16/h3-14,28H,2H2,1H3,(H2,24,31,32)(H2,26,27,29,30). The zero-order chi connectivity index (χ0) is 23.4. The van der Waals surface area contributed by atoms with E-state index in [0.717, 1.165) is 33.3 Å². The van der Waals surface area contributed by atoms with E-state index in [2.05, 4.69) is 25.9 Å². The highest BCUT2D eigenvalue weighted by molar-refractivity contribution is 7.89. The number of pyridine rings is 2. The van der Waals surface area contributed by atoms with Crippen LogP contribution in [0.4, 0.5) is 22.0 Å². The molecule has 0 radical (unpaired) electrons. The van der Waals surface area contributed by atoms with Gasteiger partial charge in [-0.1, -0.05) is 18.2 Å². The van der Waals surface area contributed by atoms with Crippen molar-refractivity contribution >= 4 is 44.0 Å². The lowest BCUT2D eigenvalue weighted by atomic mass is 9.98. The summed E-state index contributed by atoms with van der Waals surface area (Å²) in [6.07, 6.45) is 5.08. The van der Waals surface area contributed by atoms with Crippen molar-refractivity contribution in [1.29, 1.82) is 0 Å². The molecule has 0 aliphatic carbocycles. The van der Waals surface area contributed by atoms with Crippen LogP contribution in [0.2, 0.25) is 0 Å². The largest absolute Gasteiger partial charge is 0.354 e. The van der Waals surface area contributed by atoms with Gasteiger partial charge in [0.05, 0.1) is 16.8 Å². The summed E-state index contributed by atoms with van der Waals surface area (Å²) in [5.74, 6) is 0.384. The Kier molecular flexibility index (Phi) is 6.20. The maximum Gasteiger partial charge on any atom is 0.320 e. The van der Waals surface area contributed by atoms with Crippen LogP contribution < -0.4 is 21.1 Å². The third-order valence-electron chi connectivity index (χ3n) is 4.91. The summed E-state index contributed by atoms with van der Waals surface area (Å²) in [4.78, 5) is 20.5. The molecule has 0 aliphatic heterocycles. The Morgan fingerprint density at radius 3 is 2.48 bits per heavy atom. The number of nitrogens with one attached hydrogen (secondary N) is 3. The molecule has 0 fully saturated rings. The van der Waals surface area contributed by atoms with Gasteiger partial charge in [-0.05, 0) is 59.8 Å². The second kappa shape index (κ2) is 9.23. The third-order valence-corrected chi connectivity index (χ3v) is 5.84. The number of fused-ring (bicyclic) bond motifs is 1. The number of benzene rings is 2. The Morgan fingerprint density at radius 2 is 1.82 bits per heavy atom. The number of rotatable bonds is 6. The number of aromatic nitrogens is 2. The first kappa shape index (κ1) is 22.2. The normalized spacial score (nSPS) is 11.2. The molecule has 0 saturated heterocycles. The second-order valence-corrected chi connectivity index (χ2v) is 8.76. The van der Waals surface area contributed by atoms with Gasteiger partial charge in [0, 0.05) is 30.0 Å². The molecule has 0 spiro atoms. The summed E-state index contributed by atoms with van der Waals surface area (Å²) in [6.45, 7) is 2.31. The monoisotopic (exact) mass is 462 g/mol. The van der Waals surface area contributed by atoms with Gasteiger partial charge in [-0.15, -0.1) is 0 Å². The zero-order valence-corrected chi connectivity index (χ0v) is 18.6. The molecular weight excluding hydrogens is 440 g/mol. The van der Waals surface area contributed by atoms with E-state index >= 15 is 0 Å². The smallest absolute Gasteiger partial charge is 0.320 e. The molecule has 0 unspecified atom stereocenters. The van der Waals surface area contributed by atoms with Crippen LogP contribution in [0.5, 0.6) is 0 Å². The zero-order valence-electron chi connectivity index (χ0n) is 17.7. The summed E-state index contributed by atoms with van der Waals surface area (Å²) >= 11 is 0. The lowest BCUT2D eigenvalue weighted by Gasteiger charge is -2.15. The minimum absolute atomic E-state index is 0.0330. The van der Waals surface area contributed by atoms with Crippen molar-refractivity contribution < 1.29 is 13.2 Å². The molecule has 9 nitrogen and oxygen atoms in total. The number of amides is 2. The summed E-state index contributed by atoms with van der Waals surface area (Å²) in [6, 6.07) is 15.3. The number of sulfonamides is 1. The Bertz CT molecular complexity index is 1410. The molecule has 10 heteroatoms. The summed E-state index contributed by atoms with van der Waals surface area (Å²) < 4.78 is 23.2. The molecule has 33 heavy (non-hydrogen) atoms. The number of hydrogen-bond acceptors (Lipinski definition) is 6. The first-order chi connectivity index (χ1) is 15.8. The molecule has 0 bridgehead atoms. The number of urea groups is 1. The molecule has 2 heterocycles. The molecule has 4 rings (SSSR count). The molecule has 2 aromatic carbocycles. The number of nitrogens with zero attached hydrogens (tertiary/aromatic N) is 2. The third kappa shape index (κ3) is 5.08. The molecule has 5 N–H and O–H groups in total. The van der Waals surface area contributed by atoms with Gasteiger partial charge < -0.3 is 10.6 Å². The number of carbonyl (C=O) groups is 1. The summed E-state index contributed by atoms with van der Waals surface area (Å²) in [5.41, 5.74) is 3.24. The van der Waals surface area contributed by atoms with Gasteiger partial charge in [-0.2, -0.15) is 0 Å². The number of nitrogens with two attached hydrogens (primary N) is 1. The van der Waals surface area contributed by atoms with E-state index in [1.54, 1.807) is 36.8 Å². The van der Waals surface area contributed by atoms with E-state index in [1.165, 1.54) is 12.1 Å². The molecule has 4 aromatic rings. The van der Waals surface area contributed by atoms with Gasteiger partial charge in [0.2, 0.25) is 10.0 Å². The maximum atomic E-state index is 12.0. The van der Waals surface area contributed by atoms with Crippen molar-refractivity contribution in [1.82, 2.24) is 15.3 Å². The van der Waals surface area contributed by atoms with Crippen LogP contribution in [0.15, 0.2) is 78.1 Å². The van der Waals surface area contributed by atoms with Gasteiger partial charge in [-0.3, -0.25) is 10.3 Å². The maximum absolute atomic E-state index is 12.0. The van der Waals surface area contributed by atoms with Crippen molar-refractivity contribution in [3.05, 3.63) is 73.2 Å². The van der Waals surface area contributed by atoms with Gasteiger partial charge in [0.1, 0.15) is 5.82 Å². The van der Waals surface area contributed by atoms with Gasteiger partial charge >= 0.3 is 6.03 Å². The van der Waals surface area contributed by atoms with Crippen molar-refractivity contribution in [3.8, 4) is 11.1 Å². The number of hydrogen-bond donors (Lipinski definition) is 4. The predicted octanol–water partition coefficient (Wildman–Crippen LogP) is 3.83. The fourth-order valence-electron chi connectivity index (χ4n) is 3.41. The minimum Gasteiger partial charge on any atom is -0.354 e. The van der Waals surface area contributed by atoms with Gasteiger partial charge in [0.25, 0.3) is 0 Å². The molecule has 168 valence electrons. The van der Waals surface area contributed by atoms with Gasteiger partial charge in [-0.25, -0.2) is 23.3 Å². The number of anilines is 3. The summed E-state index contributed by atoms with van der Waals surface area (Å²) in [5, 5.41) is 15.6. The van der Waals surface area contributed by atoms with Crippen molar-refractivity contribution in [3.63, 3.8) is 0 Å². The topological polar surface area (TPSA) is 139 Å². The Balaban J connectivity index is 1.82. The highest BCUT2D eigenvalue weighted by Gasteiger charge is 2.13. The average Bonchev–Trinajstić information content (AvgIpc) is 2.79. The van der Waals surface area contributed by atoms with Crippen LogP contribution in [0.1, 0.15) is 6.92 Å². The van der Waals surface area contributed by atoms with Crippen LogP contribution in [-0.2, 0) is 10.0 Å². The minimum atomic E-state index is -3.79. The lowest BCUT2D eigenvalue weighted by Crippen LogP contribution is -2.28. The highest BCUT2D eigenvalue weighted by Crippen LogP contribution is 2.35. The molecule has 2 amide bonds. The van der Waals surface area contributed by atoms with E-state index in [0.29, 0.717) is 12.4 Å². The Labute approximate surface area is 191 Å².